The van der Waals surface area contributed by atoms with Gasteiger partial charge >= 0.3 is 0 Å². The van der Waals surface area contributed by atoms with Crippen LogP contribution < -0.4 is 0 Å². The number of halogens is 1. The van der Waals surface area contributed by atoms with Crippen molar-refractivity contribution in [1.29, 1.82) is 0 Å². The quantitative estimate of drug-likeness (QED) is 0.857. The molecule has 0 aromatic carbocycles. The molecule has 1 saturated carbocycles. The number of hydrogen-bond acceptors (Lipinski definition) is 2. The van der Waals surface area contributed by atoms with Gasteiger partial charge in [-0.1, -0.05) is 19.8 Å². The first-order chi connectivity index (χ1) is 7.16. The minimum absolute atomic E-state index is 0.246. The fraction of sp³-hybridized carbons (Fsp3) is 0.667. The van der Waals surface area contributed by atoms with E-state index in [1.54, 1.807) is 11.3 Å². The van der Waals surface area contributed by atoms with Crippen molar-refractivity contribution in [3.8, 4) is 0 Å². The molecule has 1 aromatic rings. The van der Waals surface area contributed by atoms with Crippen LogP contribution in [0.1, 0.15) is 43.6 Å². The lowest BCUT2D eigenvalue weighted by Crippen LogP contribution is -2.19. The zero-order valence-corrected chi connectivity index (χ0v) is 11.4. The lowest BCUT2D eigenvalue weighted by atomic mass is 9.79. The molecule has 3 heteroatoms. The number of rotatable bonds is 2. The Labute approximate surface area is 104 Å². The molecule has 0 aliphatic heterocycles. The van der Waals surface area contributed by atoms with Gasteiger partial charge in [-0.3, -0.25) is 0 Å². The van der Waals surface area contributed by atoms with Crippen molar-refractivity contribution in [2.45, 2.75) is 38.7 Å². The van der Waals surface area contributed by atoms with E-state index in [1.165, 1.54) is 25.7 Å². The van der Waals surface area contributed by atoms with Crippen LogP contribution in [0.25, 0.3) is 0 Å². The molecule has 1 N–H and O–H groups in total. The molecule has 0 spiro atoms. The Kier molecular flexibility index (Phi) is 3.86. The average molecular weight is 289 g/mol. The van der Waals surface area contributed by atoms with Crippen molar-refractivity contribution < 1.29 is 5.11 Å². The monoisotopic (exact) mass is 288 g/mol. The smallest absolute Gasteiger partial charge is 0.0910 e. The highest BCUT2D eigenvalue weighted by Crippen LogP contribution is 2.39. The molecule has 1 nitrogen and oxygen atoms in total. The third kappa shape index (κ3) is 2.83. The highest BCUT2D eigenvalue weighted by molar-refractivity contribution is 9.11. The second-order valence-corrected chi connectivity index (χ2v) is 7.11. The molecule has 3 atom stereocenters. The van der Waals surface area contributed by atoms with Gasteiger partial charge in [-0.05, 0) is 52.7 Å². The summed E-state index contributed by atoms with van der Waals surface area (Å²) >= 11 is 5.10. The molecule has 2 rings (SSSR count). The lowest BCUT2D eigenvalue weighted by Gasteiger charge is -2.29. The molecule has 0 bridgehead atoms. The van der Waals surface area contributed by atoms with Gasteiger partial charge in [0.15, 0.2) is 0 Å². The van der Waals surface area contributed by atoms with Crippen LogP contribution in [-0.4, -0.2) is 5.11 Å². The first-order valence-electron chi connectivity index (χ1n) is 5.60. The summed E-state index contributed by atoms with van der Waals surface area (Å²) in [4.78, 5) is 1.11. The Hall–Kier alpha value is 0.140. The predicted octanol–water partition coefficient (Wildman–Crippen LogP) is 4.37. The summed E-state index contributed by atoms with van der Waals surface area (Å²) in [6.45, 7) is 2.29. The van der Waals surface area contributed by atoms with Gasteiger partial charge in [0.25, 0.3) is 0 Å². The van der Waals surface area contributed by atoms with Crippen LogP contribution in [0.2, 0.25) is 0 Å². The normalized spacial score (nSPS) is 29.0. The Morgan fingerprint density at radius 2 is 2.27 bits per heavy atom. The van der Waals surface area contributed by atoms with Crippen LogP contribution in [-0.2, 0) is 0 Å². The molecule has 1 fully saturated rings. The van der Waals surface area contributed by atoms with Gasteiger partial charge in [0.05, 0.1) is 9.89 Å². The van der Waals surface area contributed by atoms with Gasteiger partial charge in [0, 0.05) is 4.88 Å². The van der Waals surface area contributed by atoms with Gasteiger partial charge < -0.3 is 5.11 Å². The molecule has 1 aliphatic carbocycles. The Morgan fingerprint density at radius 3 is 2.87 bits per heavy atom. The molecule has 1 aromatic heterocycles. The summed E-state index contributed by atoms with van der Waals surface area (Å²) in [5.74, 6) is 1.25. The van der Waals surface area contributed by atoms with Crippen molar-refractivity contribution in [2.75, 3.05) is 0 Å². The van der Waals surface area contributed by atoms with Crippen LogP contribution in [0.5, 0.6) is 0 Å². The zero-order valence-electron chi connectivity index (χ0n) is 8.95. The van der Waals surface area contributed by atoms with E-state index in [0.717, 1.165) is 14.6 Å². The van der Waals surface area contributed by atoms with E-state index < -0.39 is 0 Å². The molecular weight excluding hydrogens is 272 g/mol. The van der Waals surface area contributed by atoms with Crippen LogP contribution in [0.4, 0.5) is 0 Å². The number of thiophene rings is 1. The number of aliphatic hydroxyl groups excluding tert-OH is 1. The van der Waals surface area contributed by atoms with E-state index in [2.05, 4.69) is 22.9 Å². The SMILES string of the molecule is CC1CCCC(C(O)c2ccc(Br)s2)C1. The van der Waals surface area contributed by atoms with E-state index >= 15 is 0 Å². The minimum atomic E-state index is -0.246. The summed E-state index contributed by atoms with van der Waals surface area (Å²) in [6.07, 6.45) is 4.72. The Morgan fingerprint density at radius 1 is 1.47 bits per heavy atom. The van der Waals surface area contributed by atoms with Crippen molar-refractivity contribution in [3.63, 3.8) is 0 Å². The first kappa shape index (κ1) is 11.6. The van der Waals surface area contributed by atoms with Crippen molar-refractivity contribution in [1.82, 2.24) is 0 Å². The van der Waals surface area contributed by atoms with E-state index in [-0.39, 0.29) is 6.10 Å². The molecule has 1 aliphatic rings. The van der Waals surface area contributed by atoms with Crippen LogP contribution in [0.3, 0.4) is 0 Å². The summed E-state index contributed by atoms with van der Waals surface area (Å²) in [5, 5.41) is 10.3. The fourth-order valence-electron chi connectivity index (χ4n) is 2.49. The molecule has 84 valence electrons. The van der Waals surface area contributed by atoms with Crippen LogP contribution >= 0.6 is 27.3 Å². The molecule has 3 unspecified atom stereocenters. The summed E-state index contributed by atoms with van der Waals surface area (Å²) in [6, 6.07) is 4.06. The molecule has 1 heterocycles. The standard InChI is InChI=1S/C12H17BrOS/c1-8-3-2-4-9(7-8)12(14)10-5-6-11(13)15-10/h5-6,8-9,12,14H,2-4,7H2,1H3. The third-order valence-electron chi connectivity index (χ3n) is 3.31. The molecule has 0 saturated heterocycles. The zero-order chi connectivity index (χ0) is 10.8. The van der Waals surface area contributed by atoms with Crippen LogP contribution in [0.15, 0.2) is 15.9 Å². The molecule has 0 radical (unpaired) electrons. The van der Waals surface area contributed by atoms with Crippen molar-refractivity contribution in [3.05, 3.63) is 20.8 Å². The number of hydrogen-bond donors (Lipinski definition) is 1. The van der Waals surface area contributed by atoms with E-state index in [4.69, 9.17) is 0 Å². The predicted molar refractivity (Wildman–Crippen MR) is 68.1 cm³/mol. The maximum Gasteiger partial charge on any atom is 0.0910 e. The maximum atomic E-state index is 10.3. The molecular formula is C12H17BrOS. The van der Waals surface area contributed by atoms with Crippen LogP contribution in [0, 0.1) is 11.8 Å². The Bertz CT molecular complexity index is 323. The first-order valence-corrected chi connectivity index (χ1v) is 7.21. The van der Waals surface area contributed by atoms with E-state index in [0.29, 0.717) is 5.92 Å². The topological polar surface area (TPSA) is 20.2 Å². The Balaban J connectivity index is 2.03. The fourth-order valence-corrected chi connectivity index (χ4v) is 3.99. The van der Waals surface area contributed by atoms with Gasteiger partial charge in [-0.25, -0.2) is 0 Å². The lowest BCUT2D eigenvalue weighted by molar-refractivity contribution is 0.0742. The number of aliphatic hydroxyl groups is 1. The van der Waals surface area contributed by atoms with Gasteiger partial charge in [0.1, 0.15) is 0 Å². The summed E-state index contributed by atoms with van der Waals surface area (Å²) in [5.41, 5.74) is 0. The summed E-state index contributed by atoms with van der Waals surface area (Å²) < 4.78 is 1.11. The molecule has 0 amide bonds. The highest BCUT2D eigenvalue weighted by Gasteiger charge is 2.27. The van der Waals surface area contributed by atoms with Gasteiger partial charge in [-0.2, -0.15) is 0 Å². The minimum Gasteiger partial charge on any atom is -0.387 e. The van der Waals surface area contributed by atoms with Crippen molar-refractivity contribution >= 4 is 27.3 Å². The van der Waals surface area contributed by atoms with Gasteiger partial charge in [0.2, 0.25) is 0 Å². The molecule has 15 heavy (non-hydrogen) atoms. The third-order valence-corrected chi connectivity index (χ3v) is 5.00. The van der Waals surface area contributed by atoms with E-state index in [9.17, 15) is 5.11 Å². The van der Waals surface area contributed by atoms with Crippen molar-refractivity contribution in [2.24, 2.45) is 11.8 Å². The highest BCUT2D eigenvalue weighted by atomic mass is 79.9. The second kappa shape index (κ2) is 4.98. The van der Waals surface area contributed by atoms with E-state index in [1.807, 2.05) is 12.1 Å². The average Bonchev–Trinajstić information content (AvgIpc) is 2.64. The largest absolute Gasteiger partial charge is 0.387 e. The maximum absolute atomic E-state index is 10.3. The summed E-state index contributed by atoms with van der Waals surface area (Å²) in [7, 11) is 0. The van der Waals surface area contributed by atoms with Gasteiger partial charge in [-0.15, -0.1) is 11.3 Å². The second-order valence-electron chi connectivity index (χ2n) is 4.62.